The van der Waals surface area contributed by atoms with Crippen molar-refractivity contribution in [3.05, 3.63) is 95.2 Å². The number of aromatic nitrogens is 1. The molecule has 4 aromatic carbocycles. The minimum atomic E-state index is -0.378. The smallest absolute Gasteiger partial charge is 0.258 e. The number of hydrogen-bond donors (Lipinski definition) is 0. The third-order valence-corrected chi connectivity index (χ3v) is 4.98. The van der Waals surface area contributed by atoms with Crippen LogP contribution in [0.2, 0.25) is 0 Å². The molecule has 0 amide bonds. The van der Waals surface area contributed by atoms with Gasteiger partial charge in [-0.05, 0) is 46.2 Å². The first-order valence-electron chi connectivity index (χ1n) is 8.66. The van der Waals surface area contributed by atoms with Gasteiger partial charge in [0.05, 0.1) is 10.4 Å². The molecule has 1 aromatic heterocycles. The van der Waals surface area contributed by atoms with E-state index in [0.29, 0.717) is 0 Å². The van der Waals surface area contributed by atoms with Crippen molar-refractivity contribution < 1.29 is 4.92 Å². The molecule has 0 aliphatic rings. The van der Waals surface area contributed by atoms with Gasteiger partial charge in [-0.1, -0.05) is 42.5 Å². The zero-order chi connectivity index (χ0) is 18.4. The first-order chi connectivity index (χ1) is 13.2. The second kappa shape index (κ2) is 5.88. The predicted octanol–water partition coefficient (Wildman–Crippen LogP) is 6.12. The molecule has 4 heteroatoms. The molecule has 0 unspecified atom stereocenters. The molecule has 0 atom stereocenters. The minimum Gasteiger partial charge on any atom is -0.258 e. The minimum absolute atomic E-state index is 0.0902. The fraction of sp³-hybridized carbons (Fsp3) is 0. The monoisotopic (exact) mass is 350 g/mol. The first kappa shape index (κ1) is 15.5. The van der Waals surface area contributed by atoms with Crippen LogP contribution in [0.1, 0.15) is 0 Å². The van der Waals surface area contributed by atoms with Crippen molar-refractivity contribution in [1.82, 2.24) is 4.98 Å². The third-order valence-electron chi connectivity index (χ3n) is 4.98. The molecule has 4 nitrogen and oxygen atoms in total. The normalized spacial score (nSPS) is 11.3. The maximum absolute atomic E-state index is 11.0. The second-order valence-corrected chi connectivity index (χ2v) is 6.51. The van der Waals surface area contributed by atoms with Gasteiger partial charge in [0.15, 0.2) is 0 Å². The number of fused-ring (bicyclic) bond motifs is 5. The molecule has 0 saturated carbocycles. The van der Waals surface area contributed by atoms with E-state index >= 15 is 0 Å². The molecular formula is C23H14N2O2. The Kier molecular flexibility index (Phi) is 3.37. The fourth-order valence-electron chi connectivity index (χ4n) is 3.72. The van der Waals surface area contributed by atoms with Gasteiger partial charge in [0.1, 0.15) is 0 Å². The summed E-state index contributed by atoms with van der Waals surface area (Å²) in [5, 5.41) is 16.6. The van der Waals surface area contributed by atoms with Gasteiger partial charge < -0.3 is 0 Å². The van der Waals surface area contributed by atoms with Crippen LogP contribution >= 0.6 is 0 Å². The number of rotatable bonds is 2. The topological polar surface area (TPSA) is 56.0 Å². The number of pyridine rings is 1. The second-order valence-electron chi connectivity index (χ2n) is 6.51. The summed E-state index contributed by atoms with van der Waals surface area (Å²) >= 11 is 0. The highest BCUT2D eigenvalue weighted by molar-refractivity contribution is 6.23. The van der Waals surface area contributed by atoms with Gasteiger partial charge in [-0.15, -0.1) is 0 Å². The molecule has 128 valence electrons. The lowest BCUT2D eigenvalue weighted by Crippen LogP contribution is -1.90. The van der Waals surface area contributed by atoms with Crippen LogP contribution in [0.3, 0.4) is 0 Å². The zero-order valence-corrected chi connectivity index (χ0v) is 14.3. The van der Waals surface area contributed by atoms with E-state index in [2.05, 4.69) is 29.2 Å². The molecule has 0 radical (unpaired) electrons. The van der Waals surface area contributed by atoms with E-state index in [4.69, 9.17) is 0 Å². The average molecular weight is 350 g/mol. The van der Waals surface area contributed by atoms with Crippen molar-refractivity contribution >= 4 is 38.1 Å². The molecule has 0 N–H and O–H groups in total. The van der Waals surface area contributed by atoms with Crippen LogP contribution in [0, 0.1) is 10.1 Å². The van der Waals surface area contributed by atoms with Crippen molar-refractivity contribution in [2.75, 3.05) is 0 Å². The summed E-state index contributed by atoms with van der Waals surface area (Å²) in [6.45, 7) is 0. The van der Waals surface area contributed by atoms with E-state index < -0.39 is 0 Å². The fourth-order valence-corrected chi connectivity index (χ4v) is 3.72. The number of nitrogens with zero attached hydrogens (tertiary/aromatic N) is 2. The van der Waals surface area contributed by atoms with E-state index in [1.54, 1.807) is 24.3 Å². The van der Waals surface area contributed by atoms with Gasteiger partial charge >= 0.3 is 0 Å². The summed E-state index contributed by atoms with van der Waals surface area (Å²) in [6.07, 6.45) is 1.90. The standard InChI is InChI=1S/C23H14N2O2/c26-25(27)17-11-9-15(10-12-17)20-13-16-5-1-2-6-18(16)23-19-7-3-4-8-22(19)24-14-21(20)23/h1-14H. The maximum Gasteiger partial charge on any atom is 0.269 e. The Morgan fingerprint density at radius 3 is 2.26 bits per heavy atom. The Morgan fingerprint density at radius 2 is 1.48 bits per heavy atom. The molecule has 5 rings (SSSR count). The number of nitro benzene ring substituents is 1. The van der Waals surface area contributed by atoms with Crippen LogP contribution in [0.5, 0.6) is 0 Å². The summed E-state index contributed by atoms with van der Waals surface area (Å²) in [7, 11) is 0. The molecule has 0 saturated heterocycles. The van der Waals surface area contributed by atoms with Gasteiger partial charge in [0.2, 0.25) is 0 Å². The Balaban J connectivity index is 1.92. The van der Waals surface area contributed by atoms with Gasteiger partial charge in [-0.3, -0.25) is 15.1 Å². The maximum atomic E-state index is 11.0. The largest absolute Gasteiger partial charge is 0.269 e. The SMILES string of the molecule is O=[N+]([O-])c1ccc(-c2cc3ccccc3c3c2cnc2ccccc23)cc1. The van der Waals surface area contributed by atoms with E-state index in [-0.39, 0.29) is 10.6 Å². The van der Waals surface area contributed by atoms with E-state index in [9.17, 15) is 10.1 Å². The van der Waals surface area contributed by atoms with E-state index in [1.165, 1.54) is 5.39 Å². The number of hydrogen-bond acceptors (Lipinski definition) is 3. The average Bonchev–Trinajstić information content (AvgIpc) is 2.72. The number of non-ortho nitro benzene ring substituents is 1. The Morgan fingerprint density at radius 1 is 0.778 bits per heavy atom. The van der Waals surface area contributed by atoms with Gasteiger partial charge in [-0.25, -0.2) is 0 Å². The van der Waals surface area contributed by atoms with Gasteiger partial charge in [0, 0.05) is 34.5 Å². The molecule has 0 aliphatic carbocycles. The Hall–Kier alpha value is -3.79. The lowest BCUT2D eigenvalue weighted by Gasteiger charge is -2.13. The quantitative estimate of drug-likeness (QED) is 0.219. The van der Waals surface area contributed by atoms with Crippen LogP contribution in [-0.2, 0) is 0 Å². The van der Waals surface area contributed by atoms with Crippen molar-refractivity contribution in [2.24, 2.45) is 0 Å². The van der Waals surface area contributed by atoms with Gasteiger partial charge in [-0.2, -0.15) is 0 Å². The number of para-hydroxylation sites is 1. The Bertz CT molecular complexity index is 1330. The number of nitro groups is 1. The summed E-state index contributed by atoms with van der Waals surface area (Å²) in [6, 6.07) is 25.3. The molecule has 5 aromatic rings. The summed E-state index contributed by atoms with van der Waals surface area (Å²) in [5.41, 5.74) is 3.01. The molecule has 0 bridgehead atoms. The van der Waals surface area contributed by atoms with Crippen LogP contribution in [0.4, 0.5) is 5.69 Å². The van der Waals surface area contributed by atoms with Crippen LogP contribution < -0.4 is 0 Å². The summed E-state index contributed by atoms with van der Waals surface area (Å²) < 4.78 is 0. The highest BCUT2D eigenvalue weighted by atomic mass is 16.6. The van der Waals surface area contributed by atoms with Crippen LogP contribution in [-0.4, -0.2) is 9.91 Å². The van der Waals surface area contributed by atoms with E-state index in [1.807, 2.05) is 36.5 Å². The Labute approximate surface area is 154 Å². The van der Waals surface area contributed by atoms with E-state index in [0.717, 1.165) is 38.2 Å². The molecule has 0 spiro atoms. The van der Waals surface area contributed by atoms with Crippen molar-refractivity contribution in [3.8, 4) is 11.1 Å². The lowest BCUT2D eigenvalue weighted by molar-refractivity contribution is -0.384. The molecule has 0 aliphatic heterocycles. The lowest BCUT2D eigenvalue weighted by atomic mass is 9.92. The summed E-state index contributed by atoms with van der Waals surface area (Å²) in [4.78, 5) is 15.2. The molecule has 27 heavy (non-hydrogen) atoms. The van der Waals surface area contributed by atoms with Crippen molar-refractivity contribution in [3.63, 3.8) is 0 Å². The molecular weight excluding hydrogens is 336 g/mol. The molecule has 1 heterocycles. The summed E-state index contributed by atoms with van der Waals surface area (Å²) in [5.74, 6) is 0. The van der Waals surface area contributed by atoms with Crippen LogP contribution in [0.15, 0.2) is 85.1 Å². The van der Waals surface area contributed by atoms with Crippen molar-refractivity contribution in [1.29, 1.82) is 0 Å². The number of benzene rings is 4. The zero-order valence-electron chi connectivity index (χ0n) is 14.3. The highest BCUT2D eigenvalue weighted by Gasteiger charge is 2.13. The van der Waals surface area contributed by atoms with Gasteiger partial charge in [0.25, 0.3) is 5.69 Å². The molecule has 0 fully saturated rings. The first-order valence-corrected chi connectivity index (χ1v) is 8.66. The van der Waals surface area contributed by atoms with Crippen molar-refractivity contribution in [2.45, 2.75) is 0 Å². The third kappa shape index (κ3) is 2.42. The highest BCUT2D eigenvalue weighted by Crippen LogP contribution is 2.38. The van der Waals surface area contributed by atoms with Crippen LogP contribution in [0.25, 0.3) is 43.6 Å². The predicted molar refractivity (Wildman–Crippen MR) is 109 cm³/mol.